The smallest absolute Gasteiger partial charge is 0.0350 e. The molecule has 0 saturated heterocycles. The molecule has 0 unspecified atom stereocenters. The van der Waals surface area contributed by atoms with Gasteiger partial charge in [-0.05, 0) is 52.8 Å². The summed E-state index contributed by atoms with van der Waals surface area (Å²) >= 11 is 0. The lowest BCUT2D eigenvalue weighted by Crippen LogP contribution is -1.96. The molecule has 0 radical (unpaired) electrons. The molecule has 0 aliphatic rings. The first-order valence-corrected chi connectivity index (χ1v) is 9.87. The maximum absolute atomic E-state index is 6.20. The van der Waals surface area contributed by atoms with Crippen molar-refractivity contribution in [2.24, 2.45) is 5.73 Å². The monoisotopic (exact) mass is 377 g/mol. The molecule has 0 aliphatic carbocycles. The highest BCUT2D eigenvalue weighted by atomic mass is 14.6. The second-order valence-corrected chi connectivity index (χ2v) is 6.87. The third kappa shape index (κ3) is 5.46. The van der Waals surface area contributed by atoms with E-state index in [1.807, 2.05) is 55.5 Å². The van der Waals surface area contributed by atoms with E-state index in [1.165, 1.54) is 22.3 Å². The number of hydrogen-bond donors (Lipinski definition) is 1. The van der Waals surface area contributed by atoms with Crippen LogP contribution in [0.3, 0.4) is 0 Å². The minimum absolute atomic E-state index is 0.813. The molecule has 0 atom stereocenters. The minimum Gasteiger partial charge on any atom is -0.398 e. The number of allylic oxidation sites excluding steroid dienone is 6. The molecule has 144 valence electrons. The van der Waals surface area contributed by atoms with Crippen LogP contribution in [0.2, 0.25) is 0 Å². The van der Waals surface area contributed by atoms with E-state index in [0.717, 1.165) is 23.3 Å². The van der Waals surface area contributed by atoms with Crippen LogP contribution in [0.4, 0.5) is 0 Å². The fourth-order valence-electron chi connectivity index (χ4n) is 3.24. The Labute approximate surface area is 174 Å². The molecule has 1 nitrogen and oxygen atoms in total. The van der Waals surface area contributed by atoms with Gasteiger partial charge in [0.25, 0.3) is 0 Å². The number of nitrogens with two attached hydrogens (primary N) is 1. The third-order valence-corrected chi connectivity index (χ3v) is 4.79. The van der Waals surface area contributed by atoms with Crippen molar-refractivity contribution in [1.82, 2.24) is 0 Å². The van der Waals surface area contributed by atoms with E-state index < -0.39 is 0 Å². The highest BCUT2D eigenvalue weighted by molar-refractivity contribution is 5.78. The van der Waals surface area contributed by atoms with Crippen molar-refractivity contribution >= 4 is 11.3 Å². The summed E-state index contributed by atoms with van der Waals surface area (Å²) in [5.41, 5.74) is 14.1. The Bertz CT molecular complexity index is 1040. The largest absolute Gasteiger partial charge is 0.398 e. The summed E-state index contributed by atoms with van der Waals surface area (Å²) < 4.78 is 0. The van der Waals surface area contributed by atoms with Crippen LogP contribution in [0.15, 0.2) is 116 Å². The number of hydrogen-bond acceptors (Lipinski definition) is 1. The van der Waals surface area contributed by atoms with E-state index in [2.05, 4.69) is 67.3 Å². The highest BCUT2D eigenvalue weighted by Gasteiger charge is 2.03. The predicted molar refractivity (Wildman–Crippen MR) is 127 cm³/mol. The predicted octanol–water partition coefficient (Wildman–Crippen LogP) is 7.04. The summed E-state index contributed by atoms with van der Waals surface area (Å²) in [5, 5.41) is 0. The molecule has 29 heavy (non-hydrogen) atoms. The van der Waals surface area contributed by atoms with E-state index in [4.69, 9.17) is 5.73 Å². The van der Waals surface area contributed by atoms with E-state index in [9.17, 15) is 0 Å². The second-order valence-electron chi connectivity index (χ2n) is 6.87. The number of rotatable bonds is 7. The van der Waals surface area contributed by atoms with E-state index in [0.29, 0.717) is 0 Å². The first-order valence-electron chi connectivity index (χ1n) is 9.87. The molecule has 0 saturated carbocycles. The normalized spacial score (nSPS) is 12.3. The average molecular weight is 378 g/mol. The molecule has 0 heterocycles. The molecule has 3 aromatic carbocycles. The fourth-order valence-corrected chi connectivity index (χ4v) is 3.24. The van der Waals surface area contributed by atoms with Crippen molar-refractivity contribution in [3.63, 3.8) is 0 Å². The van der Waals surface area contributed by atoms with Gasteiger partial charge >= 0.3 is 0 Å². The molecule has 2 N–H and O–H groups in total. The van der Waals surface area contributed by atoms with Crippen LogP contribution in [0.25, 0.3) is 22.4 Å². The maximum atomic E-state index is 6.20. The van der Waals surface area contributed by atoms with Crippen molar-refractivity contribution in [2.75, 3.05) is 0 Å². The highest BCUT2D eigenvalue weighted by Crippen LogP contribution is 2.25. The Balaban J connectivity index is 1.78. The fraction of sp³-hybridized carbons (Fsp3) is 0.0714. The lowest BCUT2D eigenvalue weighted by atomic mass is 9.97. The van der Waals surface area contributed by atoms with Crippen LogP contribution >= 0.6 is 0 Å². The molecular formula is C28H27N. The summed E-state index contributed by atoms with van der Waals surface area (Å²) in [6.07, 6.45) is 10.9. The van der Waals surface area contributed by atoms with Crippen molar-refractivity contribution in [1.29, 1.82) is 0 Å². The molecular weight excluding hydrogens is 350 g/mol. The van der Waals surface area contributed by atoms with E-state index in [-0.39, 0.29) is 0 Å². The Morgan fingerprint density at radius 2 is 1.59 bits per heavy atom. The van der Waals surface area contributed by atoms with E-state index >= 15 is 0 Å². The lowest BCUT2D eigenvalue weighted by molar-refractivity contribution is 1.26. The van der Waals surface area contributed by atoms with Crippen molar-refractivity contribution in [3.8, 4) is 11.1 Å². The second kappa shape index (κ2) is 10.1. The minimum atomic E-state index is 0.813. The topological polar surface area (TPSA) is 26.0 Å². The third-order valence-electron chi connectivity index (χ3n) is 4.79. The molecule has 3 rings (SSSR count). The zero-order valence-corrected chi connectivity index (χ0v) is 16.9. The quantitative estimate of drug-likeness (QED) is 0.439. The van der Waals surface area contributed by atoms with Crippen molar-refractivity contribution in [2.45, 2.75) is 13.3 Å². The Kier molecular flexibility index (Phi) is 7.02. The van der Waals surface area contributed by atoms with Crippen LogP contribution in [0, 0.1) is 0 Å². The van der Waals surface area contributed by atoms with Crippen molar-refractivity contribution in [3.05, 3.63) is 133 Å². The number of benzene rings is 3. The molecule has 0 amide bonds. The van der Waals surface area contributed by atoms with Gasteiger partial charge < -0.3 is 5.73 Å². The zero-order chi connectivity index (χ0) is 20.5. The van der Waals surface area contributed by atoms with Crippen LogP contribution in [-0.2, 0) is 6.42 Å². The molecule has 3 aromatic rings. The van der Waals surface area contributed by atoms with Gasteiger partial charge in [-0.25, -0.2) is 0 Å². The zero-order valence-electron chi connectivity index (χ0n) is 16.9. The van der Waals surface area contributed by atoms with Gasteiger partial charge in [-0.1, -0.05) is 110 Å². The van der Waals surface area contributed by atoms with Gasteiger partial charge in [0.05, 0.1) is 0 Å². The summed E-state index contributed by atoms with van der Waals surface area (Å²) in [6.45, 7) is 5.85. The Morgan fingerprint density at radius 3 is 2.28 bits per heavy atom. The van der Waals surface area contributed by atoms with Gasteiger partial charge in [0, 0.05) is 5.70 Å². The molecule has 0 spiro atoms. The molecule has 0 aromatic heterocycles. The summed E-state index contributed by atoms with van der Waals surface area (Å²) in [5.74, 6) is 0. The average Bonchev–Trinajstić information content (AvgIpc) is 2.78. The van der Waals surface area contributed by atoms with Crippen molar-refractivity contribution < 1.29 is 0 Å². The van der Waals surface area contributed by atoms with Crippen LogP contribution in [0.1, 0.15) is 23.6 Å². The van der Waals surface area contributed by atoms with Gasteiger partial charge in [-0.15, -0.1) is 0 Å². The van der Waals surface area contributed by atoms with E-state index in [1.54, 1.807) is 0 Å². The Morgan fingerprint density at radius 1 is 0.862 bits per heavy atom. The standard InChI is InChI=1S/C28H27N/c1-3-9-23(10-4-2)26-13-8-14-27(21-26)24-18-15-22(16-19-24)17-20-28(29)25-11-6-5-7-12-25/h3-16,18-21H,1,17,29H2,2H3/b10-4-,23-9+,28-20-. The summed E-state index contributed by atoms with van der Waals surface area (Å²) in [6, 6.07) is 27.4. The lowest BCUT2D eigenvalue weighted by Gasteiger charge is -2.08. The molecule has 0 fully saturated rings. The maximum Gasteiger partial charge on any atom is 0.0350 e. The van der Waals surface area contributed by atoms with Gasteiger partial charge in [0.1, 0.15) is 0 Å². The molecule has 1 heteroatoms. The molecule has 0 aliphatic heterocycles. The van der Waals surface area contributed by atoms with Gasteiger partial charge in [-0.3, -0.25) is 0 Å². The Hall–Kier alpha value is -3.58. The van der Waals surface area contributed by atoms with Gasteiger partial charge in [0.2, 0.25) is 0 Å². The first-order chi connectivity index (χ1) is 14.2. The first kappa shape index (κ1) is 20.2. The van der Waals surface area contributed by atoms with Gasteiger partial charge in [0.15, 0.2) is 0 Å². The van der Waals surface area contributed by atoms with Crippen LogP contribution in [0.5, 0.6) is 0 Å². The van der Waals surface area contributed by atoms with Crippen LogP contribution < -0.4 is 5.73 Å². The van der Waals surface area contributed by atoms with Crippen LogP contribution in [-0.4, -0.2) is 0 Å². The summed E-state index contributed by atoms with van der Waals surface area (Å²) in [4.78, 5) is 0. The molecule has 0 bridgehead atoms. The SMILES string of the molecule is C=C/C=C(\C=C/C)c1cccc(-c2ccc(C/C=C(\N)c3ccccc3)cc2)c1. The van der Waals surface area contributed by atoms with Gasteiger partial charge in [-0.2, -0.15) is 0 Å². The summed E-state index contributed by atoms with van der Waals surface area (Å²) in [7, 11) is 0.